The van der Waals surface area contributed by atoms with Crippen molar-refractivity contribution in [3.05, 3.63) is 29.8 Å². The van der Waals surface area contributed by atoms with Crippen LogP contribution in [0.4, 0.5) is 4.39 Å². The topological polar surface area (TPSA) is 51.2 Å². The number of nitrogens with zero attached hydrogens (tertiary/aromatic N) is 1. The number of aromatic nitrogens is 1. The van der Waals surface area contributed by atoms with Gasteiger partial charge in [0.05, 0.1) is 7.11 Å². The van der Waals surface area contributed by atoms with Crippen molar-refractivity contribution >= 4 is 5.97 Å². The van der Waals surface area contributed by atoms with Gasteiger partial charge in [-0.3, -0.25) is 4.79 Å². The third-order valence-electron chi connectivity index (χ3n) is 3.02. The highest BCUT2D eigenvalue weighted by Gasteiger charge is 2.29. The molecule has 2 heterocycles. The largest absolute Gasteiger partial charge is 0.468 e. The lowest BCUT2D eigenvalue weighted by Crippen LogP contribution is -2.31. The number of rotatable bonds is 3. The van der Waals surface area contributed by atoms with E-state index in [-0.39, 0.29) is 12.0 Å². The van der Waals surface area contributed by atoms with Crippen LogP contribution in [-0.4, -0.2) is 30.6 Å². The Labute approximate surface area is 99.2 Å². The molecule has 0 amide bonds. The quantitative estimate of drug-likeness (QED) is 0.628. The third kappa shape index (κ3) is 3.00. The number of pyridine rings is 1. The van der Waals surface area contributed by atoms with Crippen LogP contribution in [0.5, 0.6) is 0 Å². The summed E-state index contributed by atoms with van der Waals surface area (Å²) in [5, 5.41) is 3.11. The van der Waals surface area contributed by atoms with Gasteiger partial charge in [-0.2, -0.15) is 4.39 Å². The van der Waals surface area contributed by atoms with Crippen LogP contribution in [0.25, 0.3) is 0 Å². The first-order valence-electron chi connectivity index (χ1n) is 5.60. The molecule has 2 atom stereocenters. The number of carbonyl (C=O) groups excluding carboxylic acids is 1. The molecule has 1 aromatic heterocycles. The minimum absolute atomic E-state index is 0.225. The van der Waals surface area contributed by atoms with Crippen LogP contribution in [0.15, 0.2) is 18.3 Å². The summed E-state index contributed by atoms with van der Waals surface area (Å²) in [4.78, 5) is 14.8. The molecule has 2 rings (SSSR count). The summed E-state index contributed by atoms with van der Waals surface area (Å²) >= 11 is 0. The van der Waals surface area contributed by atoms with Crippen LogP contribution in [0.1, 0.15) is 12.0 Å². The molecule has 1 aliphatic heterocycles. The van der Waals surface area contributed by atoms with E-state index in [1.54, 1.807) is 6.07 Å². The molecule has 4 nitrogen and oxygen atoms in total. The minimum Gasteiger partial charge on any atom is -0.468 e. The molecule has 0 bridgehead atoms. The van der Waals surface area contributed by atoms with Crippen LogP contribution in [0.3, 0.4) is 0 Å². The molecule has 2 unspecified atom stereocenters. The number of nitrogens with one attached hydrogen (secondary N) is 1. The molecular formula is C12H15FN2O2. The van der Waals surface area contributed by atoms with E-state index in [0.717, 1.165) is 24.9 Å². The SMILES string of the molecule is COC(=O)C1CC(Cc2ccnc(F)c2)CN1. The molecule has 0 spiro atoms. The van der Waals surface area contributed by atoms with E-state index in [1.165, 1.54) is 19.4 Å². The van der Waals surface area contributed by atoms with Crippen molar-refractivity contribution in [1.29, 1.82) is 0 Å². The Bertz CT molecular complexity index is 411. The lowest BCUT2D eigenvalue weighted by Gasteiger charge is -2.08. The van der Waals surface area contributed by atoms with Crippen molar-refractivity contribution in [2.24, 2.45) is 5.92 Å². The molecule has 1 saturated heterocycles. The van der Waals surface area contributed by atoms with Crippen molar-refractivity contribution in [3.63, 3.8) is 0 Å². The highest BCUT2D eigenvalue weighted by molar-refractivity contribution is 5.76. The lowest BCUT2D eigenvalue weighted by molar-refractivity contribution is -0.142. The Morgan fingerprint density at radius 2 is 2.53 bits per heavy atom. The number of methoxy groups -OCH3 is 1. The number of halogens is 1. The summed E-state index contributed by atoms with van der Waals surface area (Å²) in [5.74, 6) is -0.354. The number of hydrogen-bond acceptors (Lipinski definition) is 4. The van der Waals surface area contributed by atoms with E-state index in [4.69, 9.17) is 0 Å². The third-order valence-corrected chi connectivity index (χ3v) is 3.02. The van der Waals surface area contributed by atoms with Crippen LogP contribution >= 0.6 is 0 Å². The Balaban J connectivity index is 1.92. The average Bonchev–Trinajstić information content (AvgIpc) is 2.76. The second-order valence-corrected chi connectivity index (χ2v) is 4.28. The van der Waals surface area contributed by atoms with Crippen LogP contribution in [-0.2, 0) is 16.0 Å². The van der Waals surface area contributed by atoms with E-state index >= 15 is 0 Å². The van der Waals surface area contributed by atoms with Gasteiger partial charge in [-0.1, -0.05) is 0 Å². The highest BCUT2D eigenvalue weighted by Crippen LogP contribution is 2.19. The standard InChI is InChI=1S/C12H15FN2O2/c1-17-12(16)10-5-9(7-15-10)4-8-2-3-14-11(13)6-8/h2-3,6,9-10,15H,4-5,7H2,1H3. The summed E-state index contributed by atoms with van der Waals surface area (Å²) in [6, 6.07) is 3.01. The van der Waals surface area contributed by atoms with Gasteiger partial charge >= 0.3 is 5.97 Å². The van der Waals surface area contributed by atoms with E-state index in [0.29, 0.717) is 5.92 Å². The maximum Gasteiger partial charge on any atom is 0.322 e. The van der Waals surface area contributed by atoms with Gasteiger partial charge in [0, 0.05) is 6.20 Å². The molecule has 1 fully saturated rings. The van der Waals surface area contributed by atoms with E-state index in [1.807, 2.05) is 0 Å². The molecule has 0 aromatic carbocycles. The van der Waals surface area contributed by atoms with Crippen molar-refractivity contribution < 1.29 is 13.9 Å². The second kappa shape index (κ2) is 5.23. The van der Waals surface area contributed by atoms with E-state index in [9.17, 15) is 9.18 Å². The van der Waals surface area contributed by atoms with E-state index in [2.05, 4.69) is 15.0 Å². The molecule has 0 saturated carbocycles. The molecule has 1 aromatic rings. The normalized spacial score (nSPS) is 23.6. The van der Waals surface area contributed by atoms with Crippen molar-refractivity contribution in [3.8, 4) is 0 Å². The van der Waals surface area contributed by atoms with Gasteiger partial charge in [-0.25, -0.2) is 4.98 Å². The fourth-order valence-corrected chi connectivity index (χ4v) is 2.19. The Kier molecular flexibility index (Phi) is 3.68. The van der Waals surface area contributed by atoms with Crippen LogP contribution < -0.4 is 5.32 Å². The zero-order valence-electron chi connectivity index (χ0n) is 9.65. The maximum absolute atomic E-state index is 12.9. The van der Waals surface area contributed by atoms with Gasteiger partial charge < -0.3 is 10.1 Å². The van der Waals surface area contributed by atoms with Crippen molar-refractivity contribution in [1.82, 2.24) is 10.3 Å². The molecule has 1 N–H and O–H groups in total. The summed E-state index contributed by atoms with van der Waals surface area (Å²) in [6.07, 6.45) is 2.95. The summed E-state index contributed by atoms with van der Waals surface area (Å²) in [5.41, 5.74) is 0.912. The van der Waals surface area contributed by atoms with Crippen molar-refractivity contribution in [2.75, 3.05) is 13.7 Å². The first-order chi connectivity index (χ1) is 8.19. The highest BCUT2D eigenvalue weighted by atomic mass is 19.1. The van der Waals surface area contributed by atoms with Gasteiger partial charge in [0.25, 0.3) is 0 Å². The Morgan fingerprint density at radius 3 is 3.24 bits per heavy atom. The second-order valence-electron chi connectivity index (χ2n) is 4.28. The summed E-state index contributed by atoms with van der Waals surface area (Å²) in [6.45, 7) is 0.754. The van der Waals surface area contributed by atoms with Crippen molar-refractivity contribution in [2.45, 2.75) is 18.9 Å². The smallest absolute Gasteiger partial charge is 0.322 e. The van der Waals surface area contributed by atoms with Gasteiger partial charge in [0.2, 0.25) is 5.95 Å². The van der Waals surface area contributed by atoms with Gasteiger partial charge in [0.1, 0.15) is 6.04 Å². The van der Waals surface area contributed by atoms with E-state index < -0.39 is 5.95 Å². The minimum atomic E-state index is -0.460. The summed E-state index contributed by atoms with van der Waals surface area (Å²) in [7, 11) is 1.38. The molecule has 17 heavy (non-hydrogen) atoms. The predicted octanol–water partition coefficient (Wildman–Crippen LogP) is 0.914. The predicted molar refractivity (Wildman–Crippen MR) is 59.8 cm³/mol. The molecule has 92 valence electrons. The van der Waals surface area contributed by atoms with Gasteiger partial charge in [-0.15, -0.1) is 0 Å². The molecule has 0 radical (unpaired) electrons. The number of esters is 1. The van der Waals surface area contributed by atoms with Gasteiger partial charge in [-0.05, 0) is 43.0 Å². The van der Waals surface area contributed by atoms with Crippen LogP contribution in [0, 0.1) is 11.9 Å². The number of carbonyl (C=O) groups is 1. The van der Waals surface area contributed by atoms with Gasteiger partial charge in [0.15, 0.2) is 0 Å². The fourth-order valence-electron chi connectivity index (χ4n) is 2.19. The molecule has 5 heteroatoms. The number of ether oxygens (including phenoxy) is 1. The zero-order chi connectivity index (χ0) is 12.3. The summed E-state index contributed by atoms with van der Waals surface area (Å²) < 4.78 is 17.6. The Morgan fingerprint density at radius 1 is 1.71 bits per heavy atom. The fraction of sp³-hybridized carbons (Fsp3) is 0.500. The Hall–Kier alpha value is -1.49. The molecule has 1 aliphatic rings. The number of hydrogen-bond donors (Lipinski definition) is 1. The first-order valence-corrected chi connectivity index (χ1v) is 5.60. The monoisotopic (exact) mass is 238 g/mol. The maximum atomic E-state index is 12.9. The average molecular weight is 238 g/mol. The van der Waals surface area contributed by atoms with Crippen LogP contribution in [0.2, 0.25) is 0 Å². The zero-order valence-corrected chi connectivity index (χ0v) is 9.65. The first kappa shape index (κ1) is 12.0. The lowest BCUT2D eigenvalue weighted by atomic mass is 9.97. The molecular weight excluding hydrogens is 223 g/mol. The molecule has 0 aliphatic carbocycles.